The molecule has 0 unspecified atom stereocenters. The summed E-state index contributed by atoms with van der Waals surface area (Å²) in [7, 11) is 1.97. The van der Waals surface area contributed by atoms with Crippen LogP contribution in [-0.4, -0.2) is 42.5 Å². The minimum atomic E-state index is 0.0757. The van der Waals surface area contributed by atoms with Crippen LogP contribution in [0.3, 0.4) is 0 Å². The Balaban J connectivity index is 1.79. The summed E-state index contributed by atoms with van der Waals surface area (Å²) >= 11 is 0. The summed E-state index contributed by atoms with van der Waals surface area (Å²) in [6.07, 6.45) is 3.91. The number of amides is 1. The van der Waals surface area contributed by atoms with Crippen LogP contribution in [0.4, 0.5) is 5.82 Å². The van der Waals surface area contributed by atoms with Gasteiger partial charge >= 0.3 is 0 Å². The summed E-state index contributed by atoms with van der Waals surface area (Å²) in [5.41, 5.74) is 1.76. The highest BCUT2D eigenvalue weighted by molar-refractivity contribution is 5.99. The van der Waals surface area contributed by atoms with Gasteiger partial charge in [0.1, 0.15) is 11.6 Å². The Morgan fingerprint density at radius 2 is 1.93 bits per heavy atom. The number of rotatable bonds is 7. The molecule has 1 aliphatic rings. The molecule has 144 valence electrons. The number of para-hydroxylation sites is 1. The zero-order valence-corrected chi connectivity index (χ0v) is 16.5. The van der Waals surface area contributed by atoms with Crippen molar-refractivity contribution in [3.63, 3.8) is 0 Å². The van der Waals surface area contributed by atoms with E-state index in [9.17, 15) is 4.79 Å². The largest absolute Gasteiger partial charge is 0.493 e. The van der Waals surface area contributed by atoms with Crippen LogP contribution in [0.25, 0.3) is 0 Å². The van der Waals surface area contributed by atoms with Crippen molar-refractivity contribution in [2.45, 2.75) is 33.2 Å². The summed E-state index contributed by atoms with van der Waals surface area (Å²) in [6.45, 7) is 7.26. The first-order valence-electron chi connectivity index (χ1n) is 9.72. The number of pyridine rings is 1. The van der Waals surface area contributed by atoms with Gasteiger partial charge in [-0.3, -0.25) is 4.79 Å². The highest BCUT2D eigenvalue weighted by Crippen LogP contribution is 2.25. The molecule has 1 amide bonds. The zero-order chi connectivity index (χ0) is 19.2. The topological polar surface area (TPSA) is 45.7 Å². The van der Waals surface area contributed by atoms with E-state index < -0.39 is 0 Å². The second-order valence-corrected chi connectivity index (χ2v) is 7.54. The van der Waals surface area contributed by atoms with Gasteiger partial charge in [-0.1, -0.05) is 32.0 Å². The van der Waals surface area contributed by atoms with Gasteiger partial charge in [-0.25, -0.2) is 4.98 Å². The third kappa shape index (κ3) is 4.79. The van der Waals surface area contributed by atoms with Crippen molar-refractivity contribution in [1.82, 2.24) is 9.88 Å². The van der Waals surface area contributed by atoms with Crippen LogP contribution >= 0.6 is 0 Å². The molecule has 0 N–H and O–H groups in total. The number of hydrogen-bond donors (Lipinski definition) is 0. The molecular weight excluding hydrogens is 338 g/mol. The second-order valence-electron chi connectivity index (χ2n) is 7.54. The van der Waals surface area contributed by atoms with E-state index in [1.165, 1.54) is 0 Å². The summed E-state index contributed by atoms with van der Waals surface area (Å²) in [4.78, 5) is 21.4. The molecule has 1 aliphatic heterocycles. The highest BCUT2D eigenvalue weighted by atomic mass is 16.5. The van der Waals surface area contributed by atoms with Crippen molar-refractivity contribution in [1.29, 1.82) is 0 Å². The molecule has 1 aromatic heterocycles. The molecule has 2 aromatic rings. The number of ether oxygens (including phenoxy) is 1. The average Bonchev–Trinajstić information content (AvgIpc) is 3.21. The second kappa shape index (κ2) is 8.89. The number of likely N-dealkylation sites (tertiary alicyclic amines) is 1. The van der Waals surface area contributed by atoms with Crippen LogP contribution < -0.4 is 9.64 Å². The smallest absolute Gasteiger partial charge is 0.257 e. The number of nitrogens with zero attached hydrogens (tertiary/aromatic N) is 3. The zero-order valence-electron chi connectivity index (χ0n) is 16.5. The third-order valence-corrected chi connectivity index (χ3v) is 4.72. The first-order chi connectivity index (χ1) is 13.1. The van der Waals surface area contributed by atoms with E-state index >= 15 is 0 Å². The van der Waals surface area contributed by atoms with Crippen LogP contribution in [0.1, 0.15) is 42.6 Å². The standard InChI is InChI=1S/C22H29N3O2/c1-17(2)16-27-20-11-5-4-9-18(20)15-24(3)21-19(10-8-12-23-21)22(26)25-13-6-7-14-25/h4-5,8-12,17H,6-7,13-16H2,1-3H3. The Hall–Kier alpha value is -2.56. The molecule has 1 fully saturated rings. The summed E-state index contributed by atoms with van der Waals surface area (Å²) in [5.74, 6) is 2.15. The molecule has 2 heterocycles. The van der Waals surface area contributed by atoms with Crippen molar-refractivity contribution in [2.75, 3.05) is 31.6 Å². The minimum absolute atomic E-state index is 0.0757. The molecule has 3 rings (SSSR count). The number of aromatic nitrogens is 1. The Kier molecular flexibility index (Phi) is 6.32. The molecule has 0 bridgehead atoms. The Morgan fingerprint density at radius 1 is 1.19 bits per heavy atom. The van der Waals surface area contributed by atoms with Crippen molar-refractivity contribution in [2.24, 2.45) is 5.92 Å². The first kappa shape index (κ1) is 19.2. The summed E-state index contributed by atoms with van der Waals surface area (Å²) in [6, 6.07) is 11.8. The molecule has 0 spiro atoms. The molecule has 0 radical (unpaired) electrons. The van der Waals surface area contributed by atoms with Gasteiger partial charge in [0.2, 0.25) is 0 Å². The van der Waals surface area contributed by atoms with E-state index in [2.05, 4.69) is 24.9 Å². The maximum atomic E-state index is 12.9. The number of carbonyl (C=O) groups excluding carboxylic acids is 1. The third-order valence-electron chi connectivity index (χ3n) is 4.72. The van der Waals surface area contributed by atoms with Crippen LogP contribution in [0.5, 0.6) is 5.75 Å². The van der Waals surface area contributed by atoms with Gasteiger partial charge in [0.05, 0.1) is 12.2 Å². The fourth-order valence-electron chi connectivity index (χ4n) is 3.32. The Labute approximate surface area is 162 Å². The van der Waals surface area contributed by atoms with Gasteiger partial charge in [0, 0.05) is 38.4 Å². The fraction of sp³-hybridized carbons (Fsp3) is 0.455. The van der Waals surface area contributed by atoms with E-state index in [0.29, 0.717) is 30.5 Å². The summed E-state index contributed by atoms with van der Waals surface area (Å²) < 4.78 is 5.97. The molecule has 5 heteroatoms. The monoisotopic (exact) mass is 367 g/mol. The van der Waals surface area contributed by atoms with Crippen molar-refractivity contribution in [3.8, 4) is 5.75 Å². The van der Waals surface area contributed by atoms with Gasteiger partial charge in [-0.2, -0.15) is 0 Å². The van der Waals surface area contributed by atoms with Crippen LogP contribution in [0, 0.1) is 5.92 Å². The van der Waals surface area contributed by atoms with Gasteiger partial charge in [-0.05, 0) is 37.0 Å². The molecule has 1 aromatic carbocycles. The fourth-order valence-corrected chi connectivity index (χ4v) is 3.32. The lowest BCUT2D eigenvalue weighted by atomic mass is 10.1. The van der Waals surface area contributed by atoms with Crippen molar-refractivity contribution < 1.29 is 9.53 Å². The van der Waals surface area contributed by atoms with Crippen LogP contribution in [0.15, 0.2) is 42.6 Å². The number of carbonyl (C=O) groups is 1. The predicted molar refractivity (Wildman–Crippen MR) is 108 cm³/mol. The van der Waals surface area contributed by atoms with Gasteiger partial charge in [-0.15, -0.1) is 0 Å². The molecule has 0 aliphatic carbocycles. The van der Waals surface area contributed by atoms with E-state index in [0.717, 1.165) is 37.2 Å². The van der Waals surface area contributed by atoms with Crippen molar-refractivity contribution in [3.05, 3.63) is 53.7 Å². The molecular formula is C22H29N3O2. The summed E-state index contributed by atoms with van der Waals surface area (Å²) in [5, 5.41) is 0. The lowest BCUT2D eigenvalue weighted by Gasteiger charge is -2.24. The molecule has 1 saturated heterocycles. The van der Waals surface area contributed by atoms with Gasteiger partial charge in [0.25, 0.3) is 5.91 Å². The quantitative estimate of drug-likeness (QED) is 0.742. The molecule has 0 saturated carbocycles. The first-order valence-corrected chi connectivity index (χ1v) is 9.72. The minimum Gasteiger partial charge on any atom is -0.493 e. The van der Waals surface area contributed by atoms with E-state index in [1.807, 2.05) is 47.2 Å². The van der Waals surface area contributed by atoms with Gasteiger partial charge < -0.3 is 14.5 Å². The molecule has 5 nitrogen and oxygen atoms in total. The normalized spacial score (nSPS) is 13.9. The lowest BCUT2D eigenvalue weighted by molar-refractivity contribution is 0.0793. The predicted octanol–water partition coefficient (Wildman–Crippen LogP) is 3.99. The number of hydrogen-bond acceptors (Lipinski definition) is 4. The Bertz CT molecular complexity index is 770. The molecule has 0 atom stereocenters. The van der Waals surface area contributed by atoms with Crippen LogP contribution in [-0.2, 0) is 6.54 Å². The number of benzene rings is 1. The maximum absolute atomic E-state index is 12.9. The SMILES string of the molecule is CC(C)COc1ccccc1CN(C)c1ncccc1C(=O)N1CCCC1. The lowest BCUT2D eigenvalue weighted by Crippen LogP contribution is -2.30. The van der Waals surface area contributed by atoms with Crippen molar-refractivity contribution >= 4 is 11.7 Å². The van der Waals surface area contributed by atoms with E-state index in [4.69, 9.17) is 4.74 Å². The van der Waals surface area contributed by atoms with Gasteiger partial charge in [0.15, 0.2) is 0 Å². The highest BCUT2D eigenvalue weighted by Gasteiger charge is 2.24. The van der Waals surface area contributed by atoms with E-state index in [-0.39, 0.29) is 5.91 Å². The van der Waals surface area contributed by atoms with Crippen LogP contribution in [0.2, 0.25) is 0 Å². The van der Waals surface area contributed by atoms with E-state index in [1.54, 1.807) is 6.20 Å². The Morgan fingerprint density at radius 3 is 2.67 bits per heavy atom. The maximum Gasteiger partial charge on any atom is 0.257 e. The number of anilines is 1. The average molecular weight is 367 g/mol. The molecule has 27 heavy (non-hydrogen) atoms.